The highest BCUT2D eigenvalue weighted by molar-refractivity contribution is 7.09. The molecule has 18 heavy (non-hydrogen) atoms. The van der Waals surface area contributed by atoms with E-state index in [0.717, 1.165) is 5.75 Å². The number of aryl methyl sites for hydroxylation is 1. The van der Waals surface area contributed by atoms with Gasteiger partial charge in [-0.3, -0.25) is 0 Å². The molecule has 2 nitrogen and oxygen atoms in total. The molecule has 1 N–H and O–H groups in total. The van der Waals surface area contributed by atoms with Gasteiger partial charge < -0.3 is 10.1 Å². The first-order chi connectivity index (χ1) is 8.70. The normalized spacial score (nSPS) is 12.4. The van der Waals surface area contributed by atoms with Gasteiger partial charge in [0.2, 0.25) is 0 Å². The van der Waals surface area contributed by atoms with Crippen molar-refractivity contribution in [3.05, 3.63) is 51.7 Å². The second kappa shape index (κ2) is 6.03. The Morgan fingerprint density at radius 1 is 1.33 bits per heavy atom. The van der Waals surface area contributed by atoms with Crippen molar-refractivity contribution in [2.75, 3.05) is 7.05 Å². The molecule has 0 aliphatic rings. The third-order valence-electron chi connectivity index (χ3n) is 3.08. The van der Waals surface area contributed by atoms with Crippen molar-refractivity contribution in [2.45, 2.75) is 26.5 Å². The summed E-state index contributed by atoms with van der Waals surface area (Å²) in [6.45, 7) is 4.90. The third-order valence-corrected chi connectivity index (χ3v) is 3.93. The first kappa shape index (κ1) is 13.1. The lowest BCUT2D eigenvalue weighted by Crippen LogP contribution is -2.12. The van der Waals surface area contributed by atoms with E-state index in [4.69, 9.17) is 4.74 Å². The van der Waals surface area contributed by atoms with E-state index in [0.29, 0.717) is 12.6 Å². The molecular formula is C15H19NOS. The fraction of sp³-hybridized carbons (Fsp3) is 0.333. The Bertz CT molecular complexity index is 493. The molecule has 2 aromatic rings. The van der Waals surface area contributed by atoms with E-state index in [-0.39, 0.29) is 0 Å². The summed E-state index contributed by atoms with van der Waals surface area (Å²) in [6, 6.07) is 10.9. The minimum Gasteiger partial charge on any atom is -0.488 e. The second-order valence-corrected chi connectivity index (χ2v) is 5.44. The predicted octanol–water partition coefficient (Wildman–Crippen LogP) is 3.92. The van der Waals surface area contributed by atoms with Crippen molar-refractivity contribution in [1.82, 2.24) is 5.32 Å². The summed E-state index contributed by atoms with van der Waals surface area (Å²) in [4.78, 5) is 1.25. The molecule has 0 saturated heterocycles. The van der Waals surface area contributed by atoms with E-state index in [1.807, 2.05) is 13.1 Å². The highest BCUT2D eigenvalue weighted by Crippen LogP contribution is 2.24. The Labute approximate surface area is 113 Å². The van der Waals surface area contributed by atoms with Crippen LogP contribution in [0.15, 0.2) is 35.7 Å². The zero-order valence-electron chi connectivity index (χ0n) is 11.1. The first-order valence-corrected chi connectivity index (χ1v) is 7.01. The Kier molecular flexibility index (Phi) is 4.39. The SMILES string of the molecule is CNC(C)c1ccc(OCc2cccs2)c(C)c1. The summed E-state index contributed by atoms with van der Waals surface area (Å²) >= 11 is 1.72. The molecule has 0 aliphatic heterocycles. The maximum Gasteiger partial charge on any atom is 0.122 e. The molecule has 0 spiro atoms. The average Bonchev–Trinajstić information content (AvgIpc) is 2.89. The lowest BCUT2D eigenvalue weighted by Gasteiger charge is -2.14. The van der Waals surface area contributed by atoms with Crippen LogP contribution in [0.4, 0.5) is 0 Å². The van der Waals surface area contributed by atoms with Gasteiger partial charge in [0.1, 0.15) is 12.4 Å². The van der Waals surface area contributed by atoms with Crippen molar-refractivity contribution in [1.29, 1.82) is 0 Å². The van der Waals surface area contributed by atoms with Gasteiger partial charge in [0, 0.05) is 10.9 Å². The van der Waals surface area contributed by atoms with Crippen molar-refractivity contribution in [2.24, 2.45) is 0 Å². The van der Waals surface area contributed by atoms with Crippen LogP contribution in [0.3, 0.4) is 0 Å². The molecule has 96 valence electrons. The van der Waals surface area contributed by atoms with Gasteiger partial charge in [0.05, 0.1) is 0 Å². The van der Waals surface area contributed by atoms with Gasteiger partial charge in [-0.1, -0.05) is 18.2 Å². The standard InChI is InChI=1S/C15H19NOS/c1-11-9-13(12(2)16-3)6-7-15(11)17-10-14-5-4-8-18-14/h4-9,12,16H,10H2,1-3H3. The maximum atomic E-state index is 5.84. The lowest BCUT2D eigenvalue weighted by atomic mass is 10.1. The highest BCUT2D eigenvalue weighted by atomic mass is 32.1. The van der Waals surface area contributed by atoms with E-state index >= 15 is 0 Å². The number of ether oxygens (including phenoxy) is 1. The molecule has 0 aliphatic carbocycles. The Hall–Kier alpha value is -1.32. The first-order valence-electron chi connectivity index (χ1n) is 6.13. The Morgan fingerprint density at radius 3 is 2.78 bits per heavy atom. The molecule has 2 rings (SSSR count). The van der Waals surface area contributed by atoms with Gasteiger partial charge >= 0.3 is 0 Å². The number of rotatable bonds is 5. The predicted molar refractivity (Wildman–Crippen MR) is 77.3 cm³/mol. The monoisotopic (exact) mass is 261 g/mol. The molecule has 0 saturated carbocycles. The van der Waals surface area contributed by atoms with Gasteiger partial charge in [-0.15, -0.1) is 11.3 Å². The fourth-order valence-electron chi connectivity index (χ4n) is 1.81. The lowest BCUT2D eigenvalue weighted by molar-refractivity contribution is 0.307. The number of hydrogen-bond donors (Lipinski definition) is 1. The van der Waals surface area contributed by atoms with E-state index < -0.39 is 0 Å². The van der Waals surface area contributed by atoms with Crippen molar-refractivity contribution < 1.29 is 4.74 Å². The number of hydrogen-bond acceptors (Lipinski definition) is 3. The highest BCUT2D eigenvalue weighted by Gasteiger charge is 2.06. The minimum atomic E-state index is 0.370. The van der Waals surface area contributed by atoms with Gasteiger partial charge in [-0.2, -0.15) is 0 Å². The van der Waals surface area contributed by atoms with Crippen LogP contribution >= 0.6 is 11.3 Å². The summed E-state index contributed by atoms with van der Waals surface area (Å²) in [6.07, 6.45) is 0. The van der Waals surface area contributed by atoms with Crippen LogP contribution in [0.25, 0.3) is 0 Å². The molecule has 1 heterocycles. The van der Waals surface area contributed by atoms with E-state index in [2.05, 4.69) is 48.8 Å². The molecule has 0 fully saturated rings. The minimum absolute atomic E-state index is 0.370. The van der Waals surface area contributed by atoms with Crippen LogP contribution < -0.4 is 10.1 Å². The van der Waals surface area contributed by atoms with E-state index in [1.165, 1.54) is 16.0 Å². The molecule has 3 heteroatoms. The molecule has 1 atom stereocenters. The van der Waals surface area contributed by atoms with Gasteiger partial charge in [0.15, 0.2) is 0 Å². The molecule has 1 aromatic carbocycles. The van der Waals surface area contributed by atoms with Crippen molar-refractivity contribution in [3.63, 3.8) is 0 Å². The molecule has 0 radical (unpaired) electrons. The fourth-order valence-corrected chi connectivity index (χ4v) is 2.43. The molecule has 1 unspecified atom stereocenters. The van der Waals surface area contributed by atoms with Crippen LogP contribution in [-0.2, 0) is 6.61 Å². The number of nitrogens with one attached hydrogen (secondary N) is 1. The molecule has 0 amide bonds. The second-order valence-electron chi connectivity index (χ2n) is 4.40. The molecule has 0 bridgehead atoms. The summed E-state index contributed by atoms with van der Waals surface area (Å²) in [7, 11) is 1.97. The largest absolute Gasteiger partial charge is 0.488 e. The van der Waals surface area contributed by atoms with Gasteiger partial charge in [-0.05, 0) is 49.5 Å². The number of benzene rings is 1. The van der Waals surface area contributed by atoms with Crippen LogP contribution in [-0.4, -0.2) is 7.05 Å². The summed E-state index contributed by atoms with van der Waals surface area (Å²) in [5.41, 5.74) is 2.48. The third kappa shape index (κ3) is 3.12. The van der Waals surface area contributed by atoms with Gasteiger partial charge in [-0.25, -0.2) is 0 Å². The number of thiophene rings is 1. The summed E-state index contributed by atoms with van der Waals surface area (Å²) < 4.78 is 5.84. The van der Waals surface area contributed by atoms with Crippen LogP contribution in [0.1, 0.15) is 29.0 Å². The maximum absolute atomic E-state index is 5.84. The van der Waals surface area contributed by atoms with E-state index in [1.54, 1.807) is 11.3 Å². The Morgan fingerprint density at radius 2 is 2.17 bits per heavy atom. The zero-order valence-corrected chi connectivity index (χ0v) is 11.9. The average molecular weight is 261 g/mol. The zero-order chi connectivity index (χ0) is 13.0. The van der Waals surface area contributed by atoms with Gasteiger partial charge in [0.25, 0.3) is 0 Å². The molecular weight excluding hydrogens is 242 g/mol. The molecule has 1 aromatic heterocycles. The van der Waals surface area contributed by atoms with Crippen molar-refractivity contribution in [3.8, 4) is 5.75 Å². The van der Waals surface area contributed by atoms with Crippen LogP contribution in [0.5, 0.6) is 5.75 Å². The van der Waals surface area contributed by atoms with Crippen LogP contribution in [0, 0.1) is 6.92 Å². The van der Waals surface area contributed by atoms with Crippen LogP contribution in [0.2, 0.25) is 0 Å². The van der Waals surface area contributed by atoms with E-state index in [9.17, 15) is 0 Å². The summed E-state index contributed by atoms with van der Waals surface area (Å²) in [5, 5.41) is 5.32. The quantitative estimate of drug-likeness (QED) is 0.881. The smallest absolute Gasteiger partial charge is 0.122 e. The Balaban J connectivity index is 2.05. The van der Waals surface area contributed by atoms with Crippen molar-refractivity contribution >= 4 is 11.3 Å². The summed E-state index contributed by atoms with van der Waals surface area (Å²) in [5.74, 6) is 0.968. The topological polar surface area (TPSA) is 21.3 Å².